The van der Waals surface area contributed by atoms with Gasteiger partial charge in [0.2, 0.25) is 0 Å². The Morgan fingerprint density at radius 1 is 1.38 bits per heavy atom. The molecule has 1 heterocycles. The van der Waals surface area contributed by atoms with Gasteiger partial charge in [-0.25, -0.2) is 9.59 Å². The number of benzene rings is 1. The largest absolute Gasteiger partial charge is 0.480 e. The van der Waals surface area contributed by atoms with E-state index in [1.54, 1.807) is 0 Å². The summed E-state index contributed by atoms with van der Waals surface area (Å²) in [4.78, 5) is 25.0. The van der Waals surface area contributed by atoms with Crippen molar-refractivity contribution in [2.45, 2.75) is 24.8 Å². The second-order valence-electron chi connectivity index (χ2n) is 5.00. The molecule has 1 aliphatic heterocycles. The zero-order chi connectivity index (χ0) is 15.2. The Balaban J connectivity index is 2.24. The van der Waals surface area contributed by atoms with Gasteiger partial charge in [-0.15, -0.1) is 0 Å². The monoisotopic (exact) mass is 289 g/mol. The first-order valence-corrected chi connectivity index (χ1v) is 6.97. The molecule has 2 rings (SSSR count). The van der Waals surface area contributed by atoms with E-state index in [0.29, 0.717) is 6.54 Å². The molecule has 1 aromatic rings. The van der Waals surface area contributed by atoms with E-state index in [4.69, 9.17) is 4.74 Å². The first-order valence-electron chi connectivity index (χ1n) is 6.97. The van der Waals surface area contributed by atoms with Crippen molar-refractivity contribution in [3.63, 3.8) is 0 Å². The molecule has 0 bridgehead atoms. The lowest BCUT2D eigenvalue weighted by Crippen LogP contribution is -2.51. The van der Waals surface area contributed by atoms with Crippen LogP contribution in [-0.2, 0) is 9.53 Å². The summed E-state index contributed by atoms with van der Waals surface area (Å²) in [5, 5.41) is 9.55. The van der Waals surface area contributed by atoms with Gasteiger partial charge in [-0.1, -0.05) is 43.0 Å². The van der Waals surface area contributed by atoms with Crippen LogP contribution in [0.1, 0.15) is 24.3 Å². The third-order valence-corrected chi connectivity index (χ3v) is 3.67. The molecule has 1 N–H and O–H groups in total. The summed E-state index contributed by atoms with van der Waals surface area (Å²) in [6.07, 6.45) is 2.37. The van der Waals surface area contributed by atoms with Gasteiger partial charge < -0.3 is 9.84 Å². The zero-order valence-electron chi connectivity index (χ0n) is 11.8. The molecule has 0 aliphatic carbocycles. The van der Waals surface area contributed by atoms with Gasteiger partial charge in [0.05, 0.1) is 0 Å². The van der Waals surface area contributed by atoms with E-state index in [1.165, 1.54) is 11.0 Å². The first kappa shape index (κ1) is 15.1. The first-order chi connectivity index (χ1) is 10.1. The van der Waals surface area contributed by atoms with Crippen molar-refractivity contribution in [2.24, 2.45) is 0 Å². The Labute approximate surface area is 123 Å². The molecular formula is C16H19NO4. The molecule has 2 atom stereocenters. The van der Waals surface area contributed by atoms with Gasteiger partial charge in [0, 0.05) is 12.5 Å². The van der Waals surface area contributed by atoms with Gasteiger partial charge >= 0.3 is 12.1 Å². The second-order valence-corrected chi connectivity index (χ2v) is 5.00. The Kier molecular flexibility index (Phi) is 4.98. The SMILES string of the molecule is C=CCOC(=O)N1CCCC(c2ccccc2)C1C(=O)O. The van der Waals surface area contributed by atoms with Crippen molar-refractivity contribution in [3.05, 3.63) is 48.6 Å². The van der Waals surface area contributed by atoms with Crippen molar-refractivity contribution in [3.8, 4) is 0 Å². The van der Waals surface area contributed by atoms with Crippen molar-refractivity contribution < 1.29 is 19.4 Å². The van der Waals surface area contributed by atoms with Crippen LogP contribution in [0.2, 0.25) is 0 Å². The fourth-order valence-corrected chi connectivity index (χ4v) is 2.77. The maximum atomic E-state index is 12.0. The number of amides is 1. The molecule has 0 aromatic heterocycles. The zero-order valence-corrected chi connectivity index (χ0v) is 11.8. The van der Waals surface area contributed by atoms with E-state index in [-0.39, 0.29) is 12.5 Å². The lowest BCUT2D eigenvalue weighted by molar-refractivity contribution is -0.144. The van der Waals surface area contributed by atoms with Crippen LogP contribution in [0.5, 0.6) is 0 Å². The number of ether oxygens (including phenoxy) is 1. The van der Waals surface area contributed by atoms with Crippen LogP contribution < -0.4 is 0 Å². The molecule has 1 amide bonds. The maximum absolute atomic E-state index is 12.0. The van der Waals surface area contributed by atoms with E-state index in [9.17, 15) is 14.7 Å². The second kappa shape index (κ2) is 6.92. The van der Waals surface area contributed by atoms with Crippen molar-refractivity contribution >= 4 is 12.1 Å². The summed E-state index contributed by atoms with van der Waals surface area (Å²) < 4.78 is 5.00. The minimum Gasteiger partial charge on any atom is -0.480 e. The van der Waals surface area contributed by atoms with Crippen molar-refractivity contribution in [1.82, 2.24) is 4.90 Å². The number of carbonyl (C=O) groups excluding carboxylic acids is 1. The summed E-state index contributed by atoms with van der Waals surface area (Å²) in [5.74, 6) is -1.21. The molecule has 0 spiro atoms. The highest BCUT2D eigenvalue weighted by molar-refractivity contribution is 5.81. The average molecular weight is 289 g/mol. The average Bonchev–Trinajstić information content (AvgIpc) is 2.52. The van der Waals surface area contributed by atoms with Crippen molar-refractivity contribution in [2.75, 3.05) is 13.2 Å². The number of hydrogen-bond donors (Lipinski definition) is 1. The molecule has 0 saturated carbocycles. The van der Waals surface area contributed by atoms with Crippen LogP contribution in [0.15, 0.2) is 43.0 Å². The molecule has 0 radical (unpaired) electrons. The number of carbonyl (C=O) groups is 2. The number of carboxylic acid groups (broad SMARTS) is 1. The summed E-state index contributed by atoms with van der Waals surface area (Å²) in [6.45, 7) is 3.96. The van der Waals surface area contributed by atoms with Crippen LogP contribution in [0.3, 0.4) is 0 Å². The van der Waals surface area contributed by atoms with Crippen LogP contribution in [0.25, 0.3) is 0 Å². The van der Waals surface area contributed by atoms with E-state index >= 15 is 0 Å². The van der Waals surface area contributed by atoms with Crippen LogP contribution >= 0.6 is 0 Å². The summed E-state index contributed by atoms with van der Waals surface area (Å²) in [7, 11) is 0. The van der Waals surface area contributed by atoms with E-state index in [2.05, 4.69) is 6.58 Å². The Morgan fingerprint density at radius 2 is 2.10 bits per heavy atom. The Hall–Kier alpha value is -2.30. The topological polar surface area (TPSA) is 66.8 Å². The predicted octanol–water partition coefficient (Wildman–Crippen LogP) is 2.64. The van der Waals surface area contributed by atoms with Gasteiger partial charge in [0.15, 0.2) is 0 Å². The lowest BCUT2D eigenvalue weighted by atomic mass is 9.83. The number of piperidine rings is 1. The molecule has 5 nitrogen and oxygen atoms in total. The highest BCUT2D eigenvalue weighted by Crippen LogP contribution is 2.33. The maximum Gasteiger partial charge on any atom is 0.410 e. The normalized spacial score (nSPS) is 21.6. The minimum atomic E-state index is -1.00. The summed E-state index contributed by atoms with van der Waals surface area (Å²) >= 11 is 0. The third-order valence-electron chi connectivity index (χ3n) is 3.67. The molecule has 1 saturated heterocycles. The van der Waals surface area contributed by atoms with Crippen LogP contribution in [0, 0.1) is 0 Å². The number of rotatable bonds is 4. The fourth-order valence-electron chi connectivity index (χ4n) is 2.77. The van der Waals surface area contributed by atoms with Crippen LogP contribution in [-0.4, -0.2) is 41.3 Å². The van der Waals surface area contributed by atoms with Gasteiger partial charge in [0.25, 0.3) is 0 Å². The van der Waals surface area contributed by atoms with Gasteiger partial charge in [0.1, 0.15) is 12.6 Å². The van der Waals surface area contributed by atoms with Crippen molar-refractivity contribution in [1.29, 1.82) is 0 Å². The van der Waals surface area contributed by atoms with E-state index in [0.717, 1.165) is 18.4 Å². The summed E-state index contributed by atoms with van der Waals surface area (Å²) in [6, 6.07) is 8.56. The molecule has 1 aromatic carbocycles. The number of carboxylic acids is 1. The van der Waals surface area contributed by atoms with E-state index in [1.807, 2.05) is 30.3 Å². The molecular weight excluding hydrogens is 270 g/mol. The van der Waals surface area contributed by atoms with Crippen LogP contribution in [0.4, 0.5) is 4.79 Å². The number of aliphatic carboxylic acids is 1. The molecule has 2 unspecified atom stereocenters. The smallest absolute Gasteiger partial charge is 0.410 e. The number of hydrogen-bond acceptors (Lipinski definition) is 3. The Bertz CT molecular complexity index is 514. The summed E-state index contributed by atoms with van der Waals surface area (Å²) in [5.41, 5.74) is 0.936. The molecule has 112 valence electrons. The molecule has 1 aliphatic rings. The fraction of sp³-hybridized carbons (Fsp3) is 0.375. The van der Waals surface area contributed by atoms with Gasteiger partial charge in [-0.3, -0.25) is 4.90 Å². The number of nitrogens with zero attached hydrogens (tertiary/aromatic N) is 1. The standard InChI is InChI=1S/C16H19NO4/c1-2-11-21-16(20)17-10-6-9-13(14(17)15(18)19)12-7-4-3-5-8-12/h2-5,7-8,13-14H,1,6,9-11H2,(H,18,19). The lowest BCUT2D eigenvalue weighted by Gasteiger charge is -2.38. The van der Waals surface area contributed by atoms with Gasteiger partial charge in [-0.05, 0) is 18.4 Å². The molecule has 1 fully saturated rings. The quantitative estimate of drug-likeness (QED) is 0.865. The third kappa shape index (κ3) is 3.42. The number of likely N-dealkylation sites (tertiary alicyclic amines) is 1. The Morgan fingerprint density at radius 3 is 2.71 bits per heavy atom. The minimum absolute atomic E-state index is 0.0810. The van der Waals surface area contributed by atoms with Gasteiger partial charge in [-0.2, -0.15) is 0 Å². The highest BCUT2D eigenvalue weighted by atomic mass is 16.6. The molecule has 5 heteroatoms. The van der Waals surface area contributed by atoms with E-state index < -0.39 is 18.1 Å². The molecule has 21 heavy (non-hydrogen) atoms. The predicted molar refractivity (Wildman–Crippen MR) is 78.1 cm³/mol. The highest BCUT2D eigenvalue weighted by Gasteiger charge is 2.40.